The van der Waals surface area contributed by atoms with E-state index in [1.54, 1.807) is 4.31 Å². The summed E-state index contributed by atoms with van der Waals surface area (Å²) in [6.45, 7) is 6.89. The Morgan fingerprint density at radius 2 is 1.96 bits per heavy atom. The van der Waals surface area contributed by atoms with Crippen molar-refractivity contribution in [3.63, 3.8) is 0 Å². The number of halogens is 1. The van der Waals surface area contributed by atoms with E-state index in [1.807, 2.05) is 38.1 Å². The minimum atomic E-state index is -3.11. The number of nitrogens with zero attached hydrogens (tertiary/aromatic N) is 3. The Labute approximate surface area is 159 Å². The van der Waals surface area contributed by atoms with Gasteiger partial charge in [-0.05, 0) is 31.5 Å². The second-order valence-electron chi connectivity index (χ2n) is 6.52. The fourth-order valence-corrected chi connectivity index (χ4v) is 4.77. The maximum Gasteiger partial charge on any atom is 0.226 e. The Hall–Kier alpha value is -1.41. The summed E-state index contributed by atoms with van der Waals surface area (Å²) < 4.78 is 31.7. The molecule has 0 amide bonds. The Morgan fingerprint density at radius 1 is 1.23 bits per heavy atom. The first-order valence-corrected chi connectivity index (χ1v) is 10.8. The summed E-state index contributed by atoms with van der Waals surface area (Å²) in [5, 5.41) is 0.643. The molecule has 1 fully saturated rings. The van der Waals surface area contributed by atoms with Crippen molar-refractivity contribution in [3.05, 3.63) is 40.7 Å². The third kappa shape index (κ3) is 4.46. The molecule has 6 nitrogen and oxygen atoms in total. The SMILES string of the molecule is CCCS(=O)(=O)N1CCN(Cc2nc(-c3cccc(Cl)c3)oc2C)CC1. The highest BCUT2D eigenvalue weighted by Gasteiger charge is 2.27. The third-order valence-corrected chi connectivity index (χ3v) is 6.84. The molecule has 8 heteroatoms. The van der Waals surface area contributed by atoms with Crippen LogP contribution in [0.3, 0.4) is 0 Å². The second-order valence-corrected chi connectivity index (χ2v) is 9.05. The van der Waals surface area contributed by atoms with E-state index < -0.39 is 10.0 Å². The summed E-state index contributed by atoms with van der Waals surface area (Å²) in [6.07, 6.45) is 0.646. The Morgan fingerprint density at radius 3 is 2.62 bits per heavy atom. The molecule has 1 aliphatic rings. The molecular weight excluding hydrogens is 374 g/mol. The van der Waals surface area contributed by atoms with Crippen LogP contribution in [0.1, 0.15) is 24.8 Å². The van der Waals surface area contributed by atoms with Crippen molar-refractivity contribution in [1.82, 2.24) is 14.2 Å². The standard InChI is InChI=1S/C18H24ClN3O3S/c1-3-11-26(23,24)22-9-7-21(8-10-22)13-17-14(2)25-18(20-17)15-5-4-6-16(19)12-15/h4-6,12H,3,7-11,13H2,1-2H3. The van der Waals surface area contributed by atoms with Crippen molar-refractivity contribution in [2.45, 2.75) is 26.8 Å². The normalized spacial score (nSPS) is 16.9. The second kappa shape index (κ2) is 8.08. The molecule has 2 heterocycles. The van der Waals surface area contributed by atoms with Crippen LogP contribution >= 0.6 is 11.6 Å². The molecule has 0 bridgehead atoms. The average Bonchev–Trinajstić information content (AvgIpc) is 2.96. The zero-order valence-electron chi connectivity index (χ0n) is 15.1. The van der Waals surface area contributed by atoms with Gasteiger partial charge in [0.05, 0.1) is 11.4 Å². The van der Waals surface area contributed by atoms with Crippen LogP contribution in [0.15, 0.2) is 28.7 Å². The minimum Gasteiger partial charge on any atom is -0.441 e. The molecule has 0 aliphatic carbocycles. The van der Waals surface area contributed by atoms with Gasteiger partial charge in [-0.15, -0.1) is 0 Å². The van der Waals surface area contributed by atoms with Crippen LogP contribution in [0.25, 0.3) is 11.5 Å². The van der Waals surface area contributed by atoms with Crippen molar-refractivity contribution in [1.29, 1.82) is 0 Å². The highest BCUT2D eigenvalue weighted by atomic mass is 35.5. The molecule has 26 heavy (non-hydrogen) atoms. The minimum absolute atomic E-state index is 0.221. The van der Waals surface area contributed by atoms with Crippen LogP contribution in [-0.2, 0) is 16.6 Å². The number of piperazine rings is 1. The Bertz CT molecular complexity index is 858. The molecule has 1 aliphatic heterocycles. The van der Waals surface area contributed by atoms with Gasteiger partial charge in [-0.25, -0.2) is 13.4 Å². The molecule has 0 atom stereocenters. The van der Waals surface area contributed by atoms with Crippen molar-refractivity contribution in [2.24, 2.45) is 0 Å². The van der Waals surface area contributed by atoms with E-state index >= 15 is 0 Å². The molecule has 1 saturated heterocycles. The molecule has 3 rings (SSSR count). The van der Waals surface area contributed by atoms with Gasteiger partial charge >= 0.3 is 0 Å². The van der Waals surface area contributed by atoms with Gasteiger partial charge in [0.2, 0.25) is 15.9 Å². The van der Waals surface area contributed by atoms with Gasteiger partial charge in [-0.3, -0.25) is 4.90 Å². The Balaban J connectivity index is 1.64. The quantitative estimate of drug-likeness (QED) is 0.749. The smallest absolute Gasteiger partial charge is 0.226 e. The maximum absolute atomic E-state index is 12.2. The number of benzene rings is 1. The maximum atomic E-state index is 12.2. The first-order chi connectivity index (χ1) is 12.4. The van der Waals surface area contributed by atoms with E-state index in [4.69, 9.17) is 16.0 Å². The van der Waals surface area contributed by atoms with Gasteiger partial charge in [0.15, 0.2) is 0 Å². The number of hydrogen-bond donors (Lipinski definition) is 0. The monoisotopic (exact) mass is 397 g/mol. The Kier molecular flexibility index (Phi) is 6.02. The van der Waals surface area contributed by atoms with Gasteiger partial charge in [-0.2, -0.15) is 4.31 Å². The van der Waals surface area contributed by atoms with E-state index in [9.17, 15) is 8.42 Å². The first kappa shape index (κ1) is 19.4. The van der Waals surface area contributed by atoms with Crippen LogP contribution in [0.5, 0.6) is 0 Å². The van der Waals surface area contributed by atoms with Crippen LogP contribution in [0.2, 0.25) is 5.02 Å². The predicted molar refractivity (Wildman–Crippen MR) is 103 cm³/mol. The zero-order chi connectivity index (χ0) is 18.7. The molecule has 2 aromatic rings. The number of aromatic nitrogens is 1. The summed E-state index contributed by atoms with van der Waals surface area (Å²) in [5.41, 5.74) is 1.73. The zero-order valence-corrected chi connectivity index (χ0v) is 16.7. The molecule has 1 aromatic carbocycles. The van der Waals surface area contributed by atoms with Gasteiger partial charge in [0, 0.05) is 43.3 Å². The molecule has 142 valence electrons. The average molecular weight is 398 g/mol. The van der Waals surface area contributed by atoms with Crippen molar-refractivity contribution in [2.75, 3.05) is 31.9 Å². The molecular formula is C18H24ClN3O3S. The van der Waals surface area contributed by atoms with Crippen LogP contribution in [0, 0.1) is 6.92 Å². The predicted octanol–water partition coefficient (Wildman–Crippen LogP) is 3.16. The lowest BCUT2D eigenvalue weighted by Crippen LogP contribution is -2.48. The summed E-state index contributed by atoms with van der Waals surface area (Å²) in [5.74, 6) is 1.56. The van der Waals surface area contributed by atoms with Gasteiger partial charge in [-0.1, -0.05) is 24.6 Å². The van der Waals surface area contributed by atoms with Gasteiger partial charge in [0.1, 0.15) is 5.76 Å². The number of aryl methyl sites for hydroxylation is 1. The first-order valence-electron chi connectivity index (χ1n) is 8.81. The number of hydrogen-bond acceptors (Lipinski definition) is 5. The van der Waals surface area contributed by atoms with Crippen LogP contribution < -0.4 is 0 Å². The molecule has 0 spiro atoms. The lowest BCUT2D eigenvalue weighted by Gasteiger charge is -2.33. The highest BCUT2D eigenvalue weighted by molar-refractivity contribution is 7.89. The fourth-order valence-electron chi connectivity index (χ4n) is 3.08. The van der Waals surface area contributed by atoms with Crippen molar-refractivity contribution >= 4 is 21.6 Å². The summed E-state index contributed by atoms with van der Waals surface area (Å²) in [7, 11) is -3.11. The third-order valence-electron chi connectivity index (χ3n) is 4.52. The van der Waals surface area contributed by atoms with Crippen molar-refractivity contribution < 1.29 is 12.8 Å². The largest absolute Gasteiger partial charge is 0.441 e. The molecule has 0 radical (unpaired) electrons. The lowest BCUT2D eigenvalue weighted by atomic mass is 10.2. The summed E-state index contributed by atoms with van der Waals surface area (Å²) >= 11 is 6.04. The highest BCUT2D eigenvalue weighted by Crippen LogP contribution is 2.25. The van der Waals surface area contributed by atoms with E-state index in [0.29, 0.717) is 50.1 Å². The molecule has 0 N–H and O–H groups in total. The molecule has 0 unspecified atom stereocenters. The fraction of sp³-hybridized carbons (Fsp3) is 0.500. The topological polar surface area (TPSA) is 66.7 Å². The van der Waals surface area contributed by atoms with Crippen LogP contribution in [-0.4, -0.2) is 54.5 Å². The van der Waals surface area contributed by atoms with E-state index in [1.165, 1.54) is 0 Å². The van der Waals surface area contributed by atoms with E-state index in [2.05, 4.69) is 9.88 Å². The van der Waals surface area contributed by atoms with E-state index in [0.717, 1.165) is 17.0 Å². The van der Waals surface area contributed by atoms with E-state index in [-0.39, 0.29) is 5.75 Å². The van der Waals surface area contributed by atoms with Crippen LogP contribution in [0.4, 0.5) is 0 Å². The van der Waals surface area contributed by atoms with Crippen molar-refractivity contribution in [3.8, 4) is 11.5 Å². The molecule has 0 saturated carbocycles. The number of rotatable bonds is 6. The molecule has 1 aromatic heterocycles. The van der Waals surface area contributed by atoms with Gasteiger partial charge in [0.25, 0.3) is 0 Å². The number of sulfonamides is 1. The van der Waals surface area contributed by atoms with Gasteiger partial charge < -0.3 is 4.42 Å². The summed E-state index contributed by atoms with van der Waals surface area (Å²) in [4.78, 5) is 6.83. The lowest BCUT2D eigenvalue weighted by molar-refractivity contribution is 0.179. The summed E-state index contributed by atoms with van der Waals surface area (Å²) in [6, 6.07) is 7.42. The number of oxazole rings is 1.